The maximum Gasteiger partial charge on any atom is 0.410 e. The Morgan fingerprint density at radius 3 is 2.70 bits per heavy atom. The van der Waals surface area contributed by atoms with Crippen LogP contribution in [-0.2, 0) is 4.74 Å². The highest BCUT2D eigenvalue weighted by Crippen LogP contribution is 2.27. The van der Waals surface area contributed by atoms with Gasteiger partial charge in [-0.05, 0) is 39.7 Å². The Morgan fingerprint density at radius 1 is 1.19 bits per heavy atom. The van der Waals surface area contributed by atoms with Crippen molar-refractivity contribution in [2.75, 3.05) is 13.1 Å². The Bertz CT molecular complexity index is 946. The second-order valence-corrected chi connectivity index (χ2v) is 7.94. The zero-order chi connectivity index (χ0) is 19.0. The first-order valence-corrected chi connectivity index (χ1v) is 9.21. The Labute approximate surface area is 157 Å². The van der Waals surface area contributed by atoms with Gasteiger partial charge in [-0.3, -0.25) is 9.78 Å². The molecule has 1 fully saturated rings. The summed E-state index contributed by atoms with van der Waals surface area (Å²) in [5, 5.41) is 12.4. The summed E-state index contributed by atoms with van der Waals surface area (Å²) >= 11 is 0. The minimum atomic E-state index is -0.463. The van der Waals surface area contributed by atoms with Gasteiger partial charge in [-0.1, -0.05) is 0 Å². The fourth-order valence-corrected chi connectivity index (χ4v) is 3.32. The van der Waals surface area contributed by atoms with Crippen molar-refractivity contribution < 1.29 is 9.53 Å². The molecule has 0 aliphatic carbocycles. The number of aromatic amines is 1. The van der Waals surface area contributed by atoms with Crippen LogP contribution < -0.4 is 0 Å². The summed E-state index contributed by atoms with van der Waals surface area (Å²) in [6.07, 6.45) is 9.00. The highest BCUT2D eigenvalue weighted by molar-refractivity contribution is 5.79. The Balaban J connectivity index is 1.41. The average molecular weight is 368 g/mol. The van der Waals surface area contributed by atoms with Crippen molar-refractivity contribution >= 4 is 17.1 Å². The van der Waals surface area contributed by atoms with E-state index in [9.17, 15) is 4.79 Å². The minimum Gasteiger partial charge on any atom is -0.444 e. The number of H-pyrrole nitrogens is 1. The molecule has 0 saturated carbocycles. The number of aromatic nitrogens is 5. The van der Waals surface area contributed by atoms with E-state index in [1.807, 2.05) is 37.8 Å². The van der Waals surface area contributed by atoms with Crippen LogP contribution in [0.25, 0.3) is 22.2 Å². The van der Waals surface area contributed by atoms with Gasteiger partial charge in [0, 0.05) is 42.0 Å². The fraction of sp³-hybridized carbons (Fsp3) is 0.474. The van der Waals surface area contributed by atoms with Gasteiger partial charge in [-0.2, -0.15) is 10.2 Å². The number of pyridine rings is 1. The first-order valence-electron chi connectivity index (χ1n) is 9.21. The maximum absolute atomic E-state index is 12.2. The third-order valence-corrected chi connectivity index (χ3v) is 4.72. The summed E-state index contributed by atoms with van der Waals surface area (Å²) in [6.45, 7) is 7.02. The molecule has 0 aromatic carbocycles. The molecule has 0 atom stereocenters. The number of hydrogen-bond donors (Lipinski definition) is 1. The van der Waals surface area contributed by atoms with Crippen LogP contribution in [0, 0.1) is 0 Å². The predicted octanol–water partition coefficient (Wildman–Crippen LogP) is 3.39. The summed E-state index contributed by atoms with van der Waals surface area (Å²) in [6, 6.07) is 2.33. The molecule has 0 bridgehead atoms. The minimum absolute atomic E-state index is 0.235. The Morgan fingerprint density at radius 2 is 1.96 bits per heavy atom. The molecule has 1 aliphatic heterocycles. The van der Waals surface area contributed by atoms with Gasteiger partial charge in [0.05, 0.1) is 18.4 Å². The van der Waals surface area contributed by atoms with Crippen LogP contribution >= 0.6 is 0 Å². The standard InChI is InChI=1S/C19H24N6O2/c1-19(2,3)27-18(26)24-6-4-16(5-7-24)25-12-15(11-22-25)13-8-14-10-21-23-17(14)20-9-13/h8-12,16H,4-7H2,1-3H3,(H,20,21,23). The molecule has 0 spiro atoms. The lowest BCUT2D eigenvalue weighted by Crippen LogP contribution is -2.42. The normalized spacial score (nSPS) is 16.0. The number of nitrogens with one attached hydrogen (secondary N) is 1. The largest absolute Gasteiger partial charge is 0.444 e. The summed E-state index contributed by atoms with van der Waals surface area (Å²) in [5.74, 6) is 0. The second kappa shape index (κ2) is 6.68. The fourth-order valence-electron chi connectivity index (χ4n) is 3.32. The molecule has 3 aromatic heterocycles. The van der Waals surface area contributed by atoms with E-state index in [4.69, 9.17) is 4.74 Å². The monoisotopic (exact) mass is 368 g/mol. The van der Waals surface area contributed by atoms with Crippen LogP contribution in [0.1, 0.15) is 39.7 Å². The molecule has 0 unspecified atom stereocenters. The van der Waals surface area contributed by atoms with Crippen molar-refractivity contribution in [2.45, 2.75) is 45.3 Å². The summed E-state index contributed by atoms with van der Waals surface area (Å²) in [5.41, 5.74) is 2.36. The van der Waals surface area contributed by atoms with E-state index in [0.29, 0.717) is 13.1 Å². The number of fused-ring (bicyclic) bond motifs is 1. The number of likely N-dealkylation sites (tertiary alicyclic amines) is 1. The van der Waals surface area contributed by atoms with E-state index in [2.05, 4.69) is 32.5 Å². The van der Waals surface area contributed by atoms with Gasteiger partial charge in [0.15, 0.2) is 5.65 Å². The van der Waals surface area contributed by atoms with Gasteiger partial charge >= 0.3 is 6.09 Å². The predicted molar refractivity (Wildman–Crippen MR) is 101 cm³/mol. The van der Waals surface area contributed by atoms with Gasteiger partial charge in [-0.15, -0.1) is 0 Å². The molecular weight excluding hydrogens is 344 g/mol. The Hall–Kier alpha value is -2.90. The molecule has 4 heterocycles. The van der Waals surface area contributed by atoms with Gasteiger partial charge in [0.25, 0.3) is 0 Å². The van der Waals surface area contributed by atoms with Crippen molar-refractivity contribution in [1.29, 1.82) is 0 Å². The van der Waals surface area contributed by atoms with Crippen LogP contribution in [0.15, 0.2) is 30.9 Å². The van der Waals surface area contributed by atoms with Crippen LogP contribution in [0.4, 0.5) is 4.79 Å². The summed E-state index contributed by atoms with van der Waals surface area (Å²) < 4.78 is 7.46. The van der Waals surface area contributed by atoms with Gasteiger partial charge < -0.3 is 9.64 Å². The molecule has 1 aliphatic rings. The van der Waals surface area contributed by atoms with Gasteiger partial charge in [-0.25, -0.2) is 9.78 Å². The van der Waals surface area contributed by atoms with Crippen LogP contribution in [0.3, 0.4) is 0 Å². The van der Waals surface area contributed by atoms with Crippen LogP contribution in [-0.4, -0.2) is 54.6 Å². The molecule has 1 N–H and O–H groups in total. The molecule has 1 saturated heterocycles. The highest BCUT2D eigenvalue weighted by atomic mass is 16.6. The molecule has 0 radical (unpaired) electrons. The van der Waals surface area contributed by atoms with Crippen molar-refractivity contribution in [1.82, 2.24) is 29.9 Å². The topological polar surface area (TPSA) is 88.9 Å². The van der Waals surface area contributed by atoms with Crippen molar-refractivity contribution in [2.24, 2.45) is 0 Å². The van der Waals surface area contributed by atoms with Gasteiger partial charge in [0.1, 0.15) is 5.60 Å². The van der Waals surface area contributed by atoms with Crippen molar-refractivity contribution in [3.8, 4) is 11.1 Å². The van der Waals surface area contributed by atoms with Crippen molar-refractivity contribution in [3.05, 3.63) is 30.9 Å². The quantitative estimate of drug-likeness (QED) is 0.749. The van der Waals surface area contributed by atoms with E-state index < -0.39 is 5.60 Å². The van der Waals surface area contributed by atoms with Crippen LogP contribution in [0.5, 0.6) is 0 Å². The van der Waals surface area contributed by atoms with Gasteiger partial charge in [0.2, 0.25) is 0 Å². The molecule has 1 amide bonds. The molecule has 8 heteroatoms. The number of carbonyl (C=O) groups excluding carboxylic acids is 1. The van der Waals surface area contributed by atoms with Crippen molar-refractivity contribution in [3.63, 3.8) is 0 Å². The van der Waals surface area contributed by atoms with E-state index in [0.717, 1.165) is 35.0 Å². The number of hydrogen-bond acceptors (Lipinski definition) is 5. The molecule has 27 heavy (non-hydrogen) atoms. The third kappa shape index (κ3) is 3.79. The molecular formula is C19H24N6O2. The molecule has 142 valence electrons. The van der Waals surface area contributed by atoms with E-state index >= 15 is 0 Å². The molecule has 3 aromatic rings. The molecule has 4 rings (SSSR count). The number of rotatable bonds is 2. The van der Waals surface area contributed by atoms with E-state index in [-0.39, 0.29) is 12.1 Å². The number of nitrogens with zero attached hydrogens (tertiary/aromatic N) is 5. The number of amides is 1. The summed E-state index contributed by atoms with van der Waals surface area (Å²) in [4.78, 5) is 18.4. The maximum atomic E-state index is 12.2. The first-order chi connectivity index (χ1) is 12.9. The lowest BCUT2D eigenvalue weighted by Gasteiger charge is -2.33. The smallest absolute Gasteiger partial charge is 0.410 e. The molecule has 8 nitrogen and oxygen atoms in total. The SMILES string of the molecule is CC(C)(C)OC(=O)N1CCC(n2cc(-c3cnc4[nH]ncc4c3)cn2)CC1. The number of carbonyl (C=O) groups is 1. The number of piperidine rings is 1. The Kier molecular flexibility index (Phi) is 4.33. The third-order valence-electron chi connectivity index (χ3n) is 4.72. The number of ether oxygens (including phenoxy) is 1. The lowest BCUT2D eigenvalue weighted by atomic mass is 10.1. The van der Waals surface area contributed by atoms with E-state index in [1.165, 1.54) is 0 Å². The zero-order valence-corrected chi connectivity index (χ0v) is 15.8. The van der Waals surface area contributed by atoms with Crippen LogP contribution in [0.2, 0.25) is 0 Å². The van der Waals surface area contributed by atoms with E-state index in [1.54, 1.807) is 11.1 Å². The summed E-state index contributed by atoms with van der Waals surface area (Å²) in [7, 11) is 0. The zero-order valence-electron chi connectivity index (χ0n) is 15.8. The lowest BCUT2D eigenvalue weighted by molar-refractivity contribution is 0.0185. The average Bonchev–Trinajstić information content (AvgIpc) is 3.29. The second-order valence-electron chi connectivity index (χ2n) is 7.94. The highest BCUT2D eigenvalue weighted by Gasteiger charge is 2.27. The first kappa shape index (κ1) is 17.5.